The van der Waals surface area contributed by atoms with Crippen molar-refractivity contribution in [2.24, 2.45) is 0 Å². The van der Waals surface area contributed by atoms with Crippen molar-refractivity contribution in [2.45, 2.75) is 13.5 Å². The fourth-order valence-corrected chi connectivity index (χ4v) is 2.45. The lowest BCUT2D eigenvalue weighted by atomic mass is 10.1. The predicted molar refractivity (Wildman–Crippen MR) is 102 cm³/mol. The van der Waals surface area contributed by atoms with Crippen LogP contribution in [0.1, 0.15) is 33.2 Å². The van der Waals surface area contributed by atoms with Gasteiger partial charge in [-0.25, -0.2) is 9.37 Å². The number of nitrogens with one attached hydrogen (secondary N) is 2. The second kappa shape index (κ2) is 8.23. The molecule has 3 rings (SSSR count). The number of ketones is 1. The van der Waals surface area contributed by atoms with Crippen molar-refractivity contribution in [2.75, 3.05) is 10.6 Å². The Bertz CT molecular complexity index is 954. The highest BCUT2D eigenvalue weighted by atomic mass is 19.1. The number of benzene rings is 2. The summed E-state index contributed by atoms with van der Waals surface area (Å²) in [6.45, 7) is 1.97. The first-order valence-corrected chi connectivity index (χ1v) is 8.38. The van der Waals surface area contributed by atoms with Gasteiger partial charge < -0.3 is 10.6 Å². The number of amides is 1. The Balaban J connectivity index is 1.60. The fourth-order valence-electron chi connectivity index (χ4n) is 2.45. The molecule has 2 aromatic carbocycles. The van der Waals surface area contributed by atoms with E-state index in [4.69, 9.17) is 0 Å². The zero-order chi connectivity index (χ0) is 19.2. The average Bonchev–Trinajstić information content (AvgIpc) is 2.68. The summed E-state index contributed by atoms with van der Waals surface area (Å²) in [5.41, 5.74) is 2.40. The highest BCUT2D eigenvalue weighted by Gasteiger charge is 2.08. The van der Waals surface area contributed by atoms with Crippen molar-refractivity contribution in [3.63, 3.8) is 0 Å². The fraction of sp³-hybridized carbons (Fsp3) is 0.0952. The molecule has 0 saturated carbocycles. The number of hydrogen-bond donors (Lipinski definition) is 2. The van der Waals surface area contributed by atoms with Gasteiger partial charge in [0.05, 0.1) is 5.56 Å². The summed E-state index contributed by atoms with van der Waals surface area (Å²) >= 11 is 0. The molecule has 3 aromatic rings. The third kappa shape index (κ3) is 4.98. The van der Waals surface area contributed by atoms with E-state index in [1.54, 1.807) is 48.5 Å². The van der Waals surface area contributed by atoms with Gasteiger partial charge in [0.25, 0.3) is 5.91 Å². The highest BCUT2D eigenvalue weighted by molar-refractivity contribution is 6.05. The van der Waals surface area contributed by atoms with Gasteiger partial charge in [0, 0.05) is 24.0 Å². The van der Waals surface area contributed by atoms with Crippen LogP contribution in [0.3, 0.4) is 0 Å². The Morgan fingerprint density at radius 3 is 2.44 bits per heavy atom. The molecule has 136 valence electrons. The van der Waals surface area contributed by atoms with Crippen LogP contribution in [0.2, 0.25) is 0 Å². The van der Waals surface area contributed by atoms with Crippen LogP contribution in [-0.4, -0.2) is 16.7 Å². The molecular formula is C21H18FN3O2. The van der Waals surface area contributed by atoms with Gasteiger partial charge in [0.2, 0.25) is 0 Å². The maximum Gasteiger partial charge on any atom is 0.257 e. The third-order valence-corrected chi connectivity index (χ3v) is 3.94. The molecule has 6 heteroatoms. The molecule has 0 aliphatic carbocycles. The van der Waals surface area contributed by atoms with E-state index in [2.05, 4.69) is 15.6 Å². The van der Waals surface area contributed by atoms with Crippen molar-refractivity contribution in [3.8, 4) is 0 Å². The summed E-state index contributed by atoms with van der Waals surface area (Å²) < 4.78 is 12.9. The molecule has 0 atom stereocenters. The van der Waals surface area contributed by atoms with E-state index >= 15 is 0 Å². The number of pyridine rings is 1. The van der Waals surface area contributed by atoms with Gasteiger partial charge in [-0.3, -0.25) is 9.59 Å². The molecule has 5 nitrogen and oxygen atoms in total. The van der Waals surface area contributed by atoms with Gasteiger partial charge >= 0.3 is 0 Å². The van der Waals surface area contributed by atoms with Gasteiger partial charge in [-0.1, -0.05) is 24.3 Å². The van der Waals surface area contributed by atoms with E-state index in [0.29, 0.717) is 29.2 Å². The third-order valence-electron chi connectivity index (χ3n) is 3.94. The van der Waals surface area contributed by atoms with Gasteiger partial charge in [-0.05, 0) is 48.9 Å². The number of Topliss-reactive ketones (excluding diaryl/α,β-unsaturated/α-hetero) is 1. The Hall–Kier alpha value is -3.54. The lowest BCUT2D eigenvalue weighted by molar-refractivity contribution is 0.101. The van der Waals surface area contributed by atoms with Crippen LogP contribution in [0.25, 0.3) is 0 Å². The minimum atomic E-state index is -0.312. The smallest absolute Gasteiger partial charge is 0.257 e. The maximum atomic E-state index is 12.9. The normalized spacial score (nSPS) is 10.3. The molecule has 0 radical (unpaired) electrons. The van der Waals surface area contributed by atoms with Gasteiger partial charge in [0.1, 0.15) is 11.6 Å². The molecule has 0 bridgehead atoms. The first-order chi connectivity index (χ1) is 13.0. The predicted octanol–water partition coefficient (Wildman–Crippen LogP) is 4.29. The molecular weight excluding hydrogens is 345 g/mol. The molecule has 2 N–H and O–H groups in total. The van der Waals surface area contributed by atoms with Crippen LogP contribution in [0.15, 0.2) is 66.9 Å². The molecule has 1 aromatic heterocycles. The Labute approximate surface area is 156 Å². The molecule has 0 unspecified atom stereocenters. The second-order valence-corrected chi connectivity index (χ2v) is 6.00. The lowest BCUT2D eigenvalue weighted by Crippen LogP contribution is -2.13. The van der Waals surface area contributed by atoms with Crippen LogP contribution in [0, 0.1) is 5.82 Å². The van der Waals surface area contributed by atoms with E-state index in [1.807, 2.05) is 0 Å². The summed E-state index contributed by atoms with van der Waals surface area (Å²) in [4.78, 5) is 28.0. The van der Waals surface area contributed by atoms with Crippen LogP contribution in [0.5, 0.6) is 0 Å². The van der Waals surface area contributed by atoms with E-state index < -0.39 is 0 Å². The van der Waals surface area contributed by atoms with E-state index in [-0.39, 0.29) is 17.5 Å². The zero-order valence-electron chi connectivity index (χ0n) is 14.7. The standard InChI is InChI=1S/C21H18FN3O2/c1-14(26)16-3-2-4-19(11-16)25-21(27)17-7-10-20(24-13-17)23-12-15-5-8-18(22)9-6-15/h2-11,13H,12H2,1H3,(H,23,24)(H,25,27). The van der Waals surface area contributed by atoms with E-state index in [1.165, 1.54) is 25.3 Å². The van der Waals surface area contributed by atoms with Crippen LogP contribution in [-0.2, 0) is 6.54 Å². The number of carbonyl (C=O) groups is 2. The second-order valence-electron chi connectivity index (χ2n) is 6.00. The highest BCUT2D eigenvalue weighted by Crippen LogP contribution is 2.14. The summed E-state index contributed by atoms with van der Waals surface area (Å²) in [6, 6.07) is 16.3. The van der Waals surface area contributed by atoms with Crippen molar-refractivity contribution in [3.05, 3.63) is 89.4 Å². The monoisotopic (exact) mass is 363 g/mol. The molecule has 1 amide bonds. The Morgan fingerprint density at radius 1 is 1.00 bits per heavy atom. The van der Waals surface area contributed by atoms with Gasteiger partial charge in [-0.2, -0.15) is 0 Å². The molecule has 0 saturated heterocycles. The molecule has 0 aliphatic rings. The molecule has 0 aliphatic heterocycles. The van der Waals surface area contributed by atoms with Crippen molar-refractivity contribution >= 4 is 23.2 Å². The van der Waals surface area contributed by atoms with Crippen molar-refractivity contribution in [1.82, 2.24) is 4.98 Å². The zero-order valence-corrected chi connectivity index (χ0v) is 14.7. The Kier molecular flexibility index (Phi) is 5.56. The number of carbonyl (C=O) groups excluding carboxylic acids is 2. The quantitative estimate of drug-likeness (QED) is 0.641. The summed E-state index contributed by atoms with van der Waals surface area (Å²) in [5, 5.41) is 5.86. The van der Waals surface area contributed by atoms with Gasteiger partial charge in [-0.15, -0.1) is 0 Å². The number of halogens is 1. The lowest BCUT2D eigenvalue weighted by Gasteiger charge is -2.08. The summed E-state index contributed by atoms with van der Waals surface area (Å²) in [6.07, 6.45) is 1.47. The van der Waals surface area contributed by atoms with Gasteiger partial charge in [0.15, 0.2) is 5.78 Å². The van der Waals surface area contributed by atoms with E-state index in [0.717, 1.165) is 5.56 Å². The number of aromatic nitrogens is 1. The summed E-state index contributed by atoms with van der Waals surface area (Å²) in [5.74, 6) is -0.0480. The van der Waals surface area contributed by atoms with Crippen molar-refractivity contribution in [1.29, 1.82) is 0 Å². The topological polar surface area (TPSA) is 71.1 Å². The summed E-state index contributed by atoms with van der Waals surface area (Å²) in [7, 11) is 0. The largest absolute Gasteiger partial charge is 0.366 e. The van der Waals surface area contributed by atoms with Crippen LogP contribution >= 0.6 is 0 Å². The number of anilines is 2. The molecule has 1 heterocycles. The Morgan fingerprint density at radius 2 is 1.78 bits per heavy atom. The van der Waals surface area contributed by atoms with Crippen LogP contribution in [0.4, 0.5) is 15.9 Å². The first-order valence-electron chi connectivity index (χ1n) is 8.38. The minimum absolute atomic E-state index is 0.0654. The van der Waals surface area contributed by atoms with Crippen molar-refractivity contribution < 1.29 is 14.0 Å². The molecule has 27 heavy (non-hydrogen) atoms. The maximum absolute atomic E-state index is 12.9. The molecule has 0 fully saturated rings. The molecule has 0 spiro atoms. The van der Waals surface area contributed by atoms with E-state index in [9.17, 15) is 14.0 Å². The first kappa shape index (κ1) is 18.3. The minimum Gasteiger partial charge on any atom is -0.366 e. The number of rotatable bonds is 6. The number of nitrogens with zero attached hydrogens (tertiary/aromatic N) is 1. The number of hydrogen-bond acceptors (Lipinski definition) is 4. The van der Waals surface area contributed by atoms with Crippen LogP contribution < -0.4 is 10.6 Å². The average molecular weight is 363 g/mol. The SMILES string of the molecule is CC(=O)c1cccc(NC(=O)c2ccc(NCc3ccc(F)cc3)nc2)c1.